The predicted octanol–water partition coefficient (Wildman–Crippen LogP) is 2.57. The number of ether oxygens (including phenoxy) is 3. The van der Waals surface area contributed by atoms with Crippen LogP contribution in [0.1, 0.15) is 69.9 Å². The van der Waals surface area contributed by atoms with E-state index in [1.807, 2.05) is 49.1 Å². The van der Waals surface area contributed by atoms with Crippen LogP contribution in [-0.2, 0) is 40.0 Å². The molecule has 0 aliphatic carbocycles. The third-order valence-corrected chi connectivity index (χ3v) is 7.08. The SMILES string of the molecule is CCCCOC(=O)CC(NC(=O)COc1nccc2c1C(C(=O)C(N)=O)C(C)N2Cc1ccccc1)C(=O)OCCCC. The van der Waals surface area contributed by atoms with Crippen LogP contribution in [0.5, 0.6) is 5.88 Å². The number of nitrogens with two attached hydrogens (primary N) is 1. The Kier molecular flexibility index (Phi) is 12.5. The van der Waals surface area contributed by atoms with Crippen molar-refractivity contribution in [3.05, 3.63) is 53.7 Å². The van der Waals surface area contributed by atoms with Gasteiger partial charge in [-0.05, 0) is 31.4 Å². The number of fused-ring (bicyclic) bond motifs is 1. The lowest BCUT2D eigenvalue weighted by Crippen LogP contribution is -2.45. The molecule has 2 amide bonds. The first-order valence-electron chi connectivity index (χ1n) is 14.5. The minimum Gasteiger partial charge on any atom is -0.467 e. The Morgan fingerprint density at radius 3 is 2.33 bits per heavy atom. The van der Waals surface area contributed by atoms with E-state index >= 15 is 0 Å². The minimum absolute atomic E-state index is 0.0179. The number of hydrogen-bond acceptors (Lipinski definition) is 10. The molecule has 1 aliphatic heterocycles. The largest absolute Gasteiger partial charge is 0.467 e. The number of primary amides is 1. The summed E-state index contributed by atoms with van der Waals surface area (Å²) in [6.45, 7) is 5.91. The van der Waals surface area contributed by atoms with Crippen LogP contribution in [0.15, 0.2) is 42.6 Å². The van der Waals surface area contributed by atoms with Gasteiger partial charge in [-0.1, -0.05) is 57.0 Å². The van der Waals surface area contributed by atoms with Crippen LogP contribution < -0.4 is 20.7 Å². The smallest absolute Gasteiger partial charge is 0.329 e. The van der Waals surface area contributed by atoms with Crippen molar-refractivity contribution in [1.82, 2.24) is 10.3 Å². The maximum absolute atomic E-state index is 13.0. The summed E-state index contributed by atoms with van der Waals surface area (Å²) < 4.78 is 16.1. The Labute approximate surface area is 251 Å². The molecule has 1 aromatic heterocycles. The summed E-state index contributed by atoms with van der Waals surface area (Å²) in [5.41, 5.74) is 7.34. The molecule has 0 spiro atoms. The Balaban J connectivity index is 1.78. The first-order chi connectivity index (χ1) is 20.7. The second-order valence-electron chi connectivity index (χ2n) is 10.3. The number of benzene rings is 1. The lowest BCUT2D eigenvalue weighted by Gasteiger charge is -2.26. The Hall–Kier alpha value is -4.48. The number of nitrogens with one attached hydrogen (secondary N) is 1. The van der Waals surface area contributed by atoms with Gasteiger partial charge in [0.25, 0.3) is 11.8 Å². The maximum atomic E-state index is 13.0. The van der Waals surface area contributed by atoms with E-state index in [9.17, 15) is 24.0 Å². The van der Waals surface area contributed by atoms with Crippen molar-refractivity contribution in [1.29, 1.82) is 0 Å². The van der Waals surface area contributed by atoms with E-state index in [0.717, 1.165) is 18.4 Å². The van der Waals surface area contributed by atoms with E-state index < -0.39 is 60.6 Å². The fourth-order valence-corrected chi connectivity index (χ4v) is 4.79. The summed E-state index contributed by atoms with van der Waals surface area (Å²) in [5, 5.41) is 2.49. The highest BCUT2D eigenvalue weighted by molar-refractivity contribution is 6.38. The third-order valence-electron chi connectivity index (χ3n) is 7.08. The highest BCUT2D eigenvalue weighted by Crippen LogP contribution is 2.46. The van der Waals surface area contributed by atoms with Gasteiger partial charge in [0.15, 0.2) is 6.61 Å². The average molecular weight is 597 g/mol. The summed E-state index contributed by atoms with van der Waals surface area (Å²) >= 11 is 0. The molecule has 2 aromatic rings. The lowest BCUT2D eigenvalue weighted by atomic mass is 9.91. The second kappa shape index (κ2) is 16.2. The highest BCUT2D eigenvalue weighted by Gasteiger charge is 2.44. The summed E-state index contributed by atoms with van der Waals surface area (Å²) in [6, 6.07) is 9.57. The number of esters is 2. The van der Waals surface area contributed by atoms with E-state index in [1.165, 1.54) is 6.20 Å². The quantitative estimate of drug-likeness (QED) is 0.157. The van der Waals surface area contributed by atoms with E-state index in [4.69, 9.17) is 19.9 Å². The highest BCUT2D eigenvalue weighted by atomic mass is 16.5. The number of unbranched alkanes of at least 4 members (excludes halogenated alkanes) is 2. The molecule has 0 bridgehead atoms. The first kappa shape index (κ1) is 33.0. The molecule has 3 N–H and O–H groups in total. The Morgan fingerprint density at radius 1 is 1.00 bits per heavy atom. The average Bonchev–Trinajstić information content (AvgIpc) is 3.27. The van der Waals surface area contributed by atoms with E-state index in [-0.39, 0.29) is 19.1 Å². The van der Waals surface area contributed by atoms with E-state index in [0.29, 0.717) is 30.6 Å². The zero-order chi connectivity index (χ0) is 31.4. The molecule has 3 rings (SSSR count). The third kappa shape index (κ3) is 9.00. The number of pyridine rings is 1. The number of hydrogen-bond donors (Lipinski definition) is 2. The number of carbonyl (C=O) groups is 5. The molecule has 3 unspecified atom stereocenters. The second-order valence-corrected chi connectivity index (χ2v) is 10.3. The van der Waals surface area contributed by atoms with Crippen molar-refractivity contribution in [2.75, 3.05) is 24.7 Å². The molecule has 1 aromatic carbocycles. The summed E-state index contributed by atoms with van der Waals surface area (Å²) in [5.74, 6) is -5.00. The van der Waals surface area contributed by atoms with Crippen LogP contribution in [0.25, 0.3) is 0 Å². The number of ketones is 1. The van der Waals surface area contributed by atoms with Crippen molar-refractivity contribution in [3.63, 3.8) is 0 Å². The van der Waals surface area contributed by atoms with Crippen molar-refractivity contribution < 1.29 is 38.2 Å². The monoisotopic (exact) mass is 596 g/mol. The fraction of sp³-hybridized carbons (Fsp3) is 0.484. The molecule has 3 atom stereocenters. The normalized spacial score (nSPS) is 16.1. The standard InChI is InChI=1S/C31H40N4O8/c1-4-6-15-41-25(37)17-22(31(40)42-16-7-5-2)34-24(36)19-43-30-27-23(13-14-33-30)35(18-21-11-9-8-10-12-21)20(3)26(27)28(38)29(32)39/h8-14,20,22,26H,4-7,15-19H2,1-3H3,(H2,32,39)(H,34,36). The minimum atomic E-state index is -1.28. The van der Waals surface area contributed by atoms with Crippen LogP contribution in [0.3, 0.4) is 0 Å². The number of nitrogens with zero attached hydrogens (tertiary/aromatic N) is 2. The van der Waals surface area contributed by atoms with Gasteiger partial charge in [0, 0.05) is 24.5 Å². The number of anilines is 1. The van der Waals surface area contributed by atoms with Crippen LogP contribution >= 0.6 is 0 Å². The number of Topliss-reactive ketones (excluding diaryl/α,β-unsaturated/α-hetero) is 1. The van der Waals surface area contributed by atoms with Crippen LogP contribution in [0, 0.1) is 0 Å². The Bertz CT molecular complexity index is 1290. The summed E-state index contributed by atoms with van der Waals surface area (Å²) in [4.78, 5) is 69.0. The molecule has 0 saturated heterocycles. The van der Waals surface area contributed by atoms with Gasteiger partial charge in [0.05, 0.1) is 31.1 Å². The van der Waals surface area contributed by atoms with Crippen molar-refractivity contribution >= 4 is 35.2 Å². The predicted molar refractivity (Wildman–Crippen MR) is 157 cm³/mol. The van der Waals surface area contributed by atoms with Gasteiger partial charge in [0.1, 0.15) is 6.04 Å². The number of carbonyl (C=O) groups excluding carboxylic acids is 5. The van der Waals surface area contributed by atoms with Gasteiger partial charge in [-0.25, -0.2) is 9.78 Å². The van der Waals surface area contributed by atoms with Gasteiger partial charge < -0.3 is 30.2 Å². The summed E-state index contributed by atoms with van der Waals surface area (Å²) in [7, 11) is 0. The van der Waals surface area contributed by atoms with Crippen LogP contribution in [-0.4, -0.2) is 66.4 Å². The lowest BCUT2D eigenvalue weighted by molar-refractivity contribution is -0.154. The van der Waals surface area contributed by atoms with E-state index in [1.54, 1.807) is 13.0 Å². The van der Waals surface area contributed by atoms with Crippen molar-refractivity contribution in [2.24, 2.45) is 5.73 Å². The number of rotatable bonds is 17. The molecule has 0 fully saturated rings. The molecule has 12 heteroatoms. The van der Waals surface area contributed by atoms with Gasteiger partial charge in [-0.3, -0.25) is 19.2 Å². The van der Waals surface area contributed by atoms with Gasteiger partial charge in [-0.2, -0.15) is 0 Å². The zero-order valence-electron chi connectivity index (χ0n) is 24.9. The molecule has 1 aliphatic rings. The number of aromatic nitrogens is 1. The van der Waals surface area contributed by atoms with Crippen LogP contribution in [0.2, 0.25) is 0 Å². The van der Waals surface area contributed by atoms with Gasteiger partial charge in [-0.15, -0.1) is 0 Å². The van der Waals surface area contributed by atoms with Crippen LogP contribution in [0.4, 0.5) is 5.69 Å². The maximum Gasteiger partial charge on any atom is 0.329 e. The van der Waals surface area contributed by atoms with Crippen molar-refractivity contribution in [2.45, 2.75) is 77.4 Å². The molecule has 0 saturated carbocycles. The van der Waals surface area contributed by atoms with E-state index in [2.05, 4.69) is 10.3 Å². The number of amides is 2. The molecule has 2 heterocycles. The first-order valence-corrected chi connectivity index (χ1v) is 14.5. The fourth-order valence-electron chi connectivity index (χ4n) is 4.79. The zero-order valence-corrected chi connectivity index (χ0v) is 24.9. The molecule has 43 heavy (non-hydrogen) atoms. The van der Waals surface area contributed by atoms with Gasteiger partial charge in [0.2, 0.25) is 11.7 Å². The molecular formula is C31H40N4O8. The molecule has 12 nitrogen and oxygen atoms in total. The molecular weight excluding hydrogens is 556 g/mol. The molecule has 0 radical (unpaired) electrons. The van der Waals surface area contributed by atoms with Gasteiger partial charge >= 0.3 is 11.9 Å². The van der Waals surface area contributed by atoms with Crippen molar-refractivity contribution in [3.8, 4) is 5.88 Å². The topological polar surface area (TPSA) is 167 Å². The molecule has 232 valence electrons. The Morgan fingerprint density at radius 2 is 1.67 bits per heavy atom. The summed E-state index contributed by atoms with van der Waals surface area (Å²) in [6.07, 6.45) is 4.01.